The molecule has 0 amide bonds. The van der Waals surface area contributed by atoms with Gasteiger partial charge in [-0.3, -0.25) is 0 Å². The highest BCUT2D eigenvalue weighted by atomic mass is 31.1. The van der Waals surface area contributed by atoms with E-state index in [9.17, 15) is 26.3 Å². The SMILES string of the molecule is CCCCC(CC)CC[PH+](CF)c1c(F)c(F)c(F)c(F)c1F. The van der Waals surface area contributed by atoms with Crippen LogP contribution >= 0.6 is 7.92 Å². The fourth-order valence-corrected chi connectivity index (χ4v) is 4.71. The van der Waals surface area contributed by atoms with Crippen LogP contribution < -0.4 is 5.30 Å². The zero-order chi connectivity index (χ0) is 17.6. The molecule has 0 N–H and O–H groups in total. The lowest BCUT2D eigenvalue weighted by molar-refractivity contribution is 0.384. The number of benzene rings is 1. The number of hydrogen-bond donors (Lipinski definition) is 0. The molecule has 0 radical (unpaired) electrons. The van der Waals surface area contributed by atoms with Gasteiger partial charge in [0.05, 0.1) is 14.1 Å². The fourth-order valence-electron chi connectivity index (χ4n) is 2.60. The molecule has 0 aliphatic rings. The number of unbranched alkanes of at least 4 members (excludes halogenated alkanes) is 1. The second-order valence-corrected chi connectivity index (χ2v) is 8.11. The monoisotopic (exact) mass is 359 g/mol. The minimum Gasteiger partial charge on any atom is -0.206 e. The van der Waals surface area contributed by atoms with Gasteiger partial charge in [-0.05, 0) is 12.3 Å². The normalized spacial score (nSPS) is 14.1. The van der Waals surface area contributed by atoms with Crippen molar-refractivity contribution in [2.24, 2.45) is 5.92 Å². The molecule has 2 atom stereocenters. The fraction of sp³-hybridized carbons (Fsp3) is 0.625. The van der Waals surface area contributed by atoms with Crippen LogP contribution in [0.5, 0.6) is 0 Å². The van der Waals surface area contributed by atoms with Gasteiger partial charge in [0.25, 0.3) is 0 Å². The van der Waals surface area contributed by atoms with Gasteiger partial charge in [0.2, 0.25) is 29.1 Å². The molecule has 1 aromatic rings. The summed E-state index contributed by atoms with van der Waals surface area (Å²) in [4.78, 5) is 0. The lowest BCUT2D eigenvalue weighted by Crippen LogP contribution is -2.21. The molecule has 0 aromatic heterocycles. The van der Waals surface area contributed by atoms with Crippen LogP contribution in [-0.4, -0.2) is 12.6 Å². The van der Waals surface area contributed by atoms with E-state index in [1.54, 1.807) is 0 Å². The van der Waals surface area contributed by atoms with Gasteiger partial charge in [0.15, 0.2) is 11.7 Å². The van der Waals surface area contributed by atoms with Crippen molar-refractivity contribution >= 4 is 13.2 Å². The van der Waals surface area contributed by atoms with Crippen molar-refractivity contribution in [3.8, 4) is 0 Å². The smallest absolute Gasteiger partial charge is 0.206 e. The second kappa shape index (κ2) is 9.51. The van der Waals surface area contributed by atoms with Crippen LogP contribution in [0, 0.1) is 35.0 Å². The summed E-state index contributed by atoms with van der Waals surface area (Å²) < 4.78 is 80.4. The third-order valence-electron chi connectivity index (χ3n) is 4.12. The Morgan fingerprint density at radius 2 is 1.35 bits per heavy atom. The molecule has 0 spiro atoms. The van der Waals surface area contributed by atoms with Gasteiger partial charge in [-0.2, -0.15) is 8.78 Å². The van der Waals surface area contributed by atoms with Crippen molar-refractivity contribution in [1.82, 2.24) is 0 Å². The van der Waals surface area contributed by atoms with Crippen molar-refractivity contribution < 1.29 is 26.3 Å². The average molecular weight is 359 g/mol. The quantitative estimate of drug-likeness (QED) is 0.228. The van der Waals surface area contributed by atoms with Crippen LogP contribution in [0.15, 0.2) is 0 Å². The Morgan fingerprint density at radius 3 is 1.78 bits per heavy atom. The zero-order valence-electron chi connectivity index (χ0n) is 13.3. The maximum Gasteiger partial charge on any atom is 0.206 e. The average Bonchev–Trinajstić information content (AvgIpc) is 2.56. The van der Waals surface area contributed by atoms with E-state index in [2.05, 4.69) is 0 Å². The van der Waals surface area contributed by atoms with Crippen LogP contribution in [0.1, 0.15) is 46.0 Å². The van der Waals surface area contributed by atoms with Crippen molar-refractivity contribution in [1.29, 1.82) is 0 Å². The van der Waals surface area contributed by atoms with Crippen LogP contribution in [0.25, 0.3) is 0 Å². The van der Waals surface area contributed by atoms with Gasteiger partial charge < -0.3 is 0 Å². The predicted octanol–water partition coefficient (Wildman–Crippen LogP) is 5.76. The highest BCUT2D eigenvalue weighted by molar-refractivity contribution is 7.65. The van der Waals surface area contributed by atoms with E-state index in [0.29, 0.717) is 6.42 Å². The lowest BCUT2D eigenvalue weighted by atomic mass is 9.97. The van der Waals surface area contributed by atoms with Crippen molar-refractivity contribution in [3.63, 3.8) is 0 Å². The molecule has 2 unspecified atom stereocenters. The molecule has 0 aliphatic heterocycles. The summed E-state index contributed by atoms with van der Waals surface area (Å²) >= 11 is 0. The summed E-state index contributed by atoms with van der Waals surface area (Å²) in [5.74, 6) is -9.66. The summed E-state index contributed by atoms with van der Waals surface area (Å²) in [5, 5.41) is -0.931. The summed E-state index contributed by atoms with van der Waals surface area (Å²) in [6.07, 6.45) is 3.40. The predicted molar refractivity (Wildman–Crippen MR) is 82.9 cm³/mol. The molecule has 0 heterocycles. The van der Waals surface area contributed by atoms with E-state index in [1.165, 1.54) is 0 Å². The molecule has 1 rings (SSSR count). The number of halogens is 6. The Bertz CT molecular complexity index is 491. The van der Waals surface area contributed by atoms with Gasteiger partial charge in [0, 0.05) is 0 Å². The molecule has 7 heteroatoms. The van der Waals surface area contributed by atoms with E-state index >= 15 is 0 Å². The van der Waals surface area contributed by atoms with Crippen molar-refractivity contribution in [2.75, 3.05) is 12.6 Å². The van der Waals surface area contributed by atoms with Crippen LogP contribution in [0.4, 0.5) is 26.3 Å². The highest BCUT2D eigenvalue weighted by Crippen LogP contribution is 2.40. The Labute approximate surface area is 134 Å². The molecule has 0 bridgehead atoms. The zero-order valence-corrected chi connectivity index (χ0v) is 14.3. The topological polar surface area (TPSA) is 0 Å². The second-order valence-electron chi connectivity index (χ2n) is 5.64. The molecule has 0 nitrogen and oxygen atoms in total. The van der Waals surface area contributed by atoms with E-state index in [0.717, 1.165) is 25.7 Å². The molecule has 23 heavy (non-hydrogen) atoms. The first-order chi connectivity index (χ1) is 10.9. The summed E-state index contributed by atoms with van der Waals surface area (Å²) in [7, 11) is -2.48. The first-order valence-electron chi connectivity index (χ1n) is 7.81. The van der Waals surface area contributed by atoms with E-state index in [-0.39, 0.29) is 12.1 Å². The molecular weight excluding hydrogens is 337 g/mol. The lowest BCUT2D eigenvalue weighted by Gasteiger charge is -2.16. The molecule has 1 aromatic carbocycles. The van der Waals surface area contributed by atoms with E-state index < -0.39 is 48.7 Å². The van der Waals surface area contributed by atoms with Crippen LogP contribution in [-0.2, 0) is 0 Å². The highest BCUT2D eigenvalue weighted by Gasteiger charge is 2.35. The Balaban J connectivity index is 2.98. The molecule has 132 valence electrons. The van der Waals surface area contributed by atoms with Gasteiger partial charge in [0.1, 0.15) is 0 Å². The maximum atomic E-state index is 13.8. The van der Waals surface area contributed by atoms with Crippen LogP contribution in [0.2, 0.25) is 0 Å². The first kappa shape index (κ1) is 20.3. The number of rotatable bonds is 9. The van der Waals surface area contributed by atoms with E-state index in [1.807, 2.05) is 13.8 Å². The first-order valence-corrected chi connectivity index (χ1v) is 9.72. The van der Waals surface area contributed by atoms with Crippen molar-refractivity contribution in [2.45, 2.75) is 46.0 Å². The maximum absolute atomic E-state index is 13.8. The van der Waals surface area contributed by atoms with Gasteiger partial charge in [-0.1, -0.05) is 39.5 Å². The van der Waals surface area contributed by atoms with Gasteiger partial charge in [-0.25, -0.2) is 17.6 Å². The molecular formula is C16H22F6P+. The number of hydrogen-bond acceptors (Lipinski definition) is 0. The van der Waals surface area contributed by atoms with Gasteiger partial charge in [-0.15, -0.1) is 0 Å². The third kappa shape index (κ3) is 4.85. The Hall–Kier alpha value is -0.770. The largest absolute Gasteiger partial charge is 0.206 e. The summed E-state index contributed by atoms with van der Waals surface area (Å²) in [6, 6.07) is 0. The number of alkyl halides is 1. The van der Waals surface area contributed by atoms with Gasteiger partial charge >= 0.3 is 0 Å². The minimum atomic E-state index is -2.48. The van der Waals surface area contributed by atoms with Crippen molar-refractivity contribution in [3.05, 3.63) is 29.1 Å². The van der Waals surface area contributed by atoms with Crippen LogP contribution in [0.3, 0.4) is 0 Å². The standard InChI is InChI=1S/C16H21F6P/c1-3-5-6-10(4-2)7-8-23(9-17)16-14(21)12(19)11(18)13(20)15(16)22/h10H,3-9H2,1-2H3/p+1. The van der Waals surface area contributed by atoms with E-state index in [4.69, 9.17) is 0 Å². The minimum absolute atomic E-state index is 0.155. The Morgan fingerprint density at radius 1 is 0.826 bits per heavy atom. The third-order valence-corrected chi connectivity index (χ3v) is 6.48. The Kier molecular flexibility index (Phi) is 8.38. The molecule has 0 saturated carbocycles. The summed E-state index contributed by atoms with van der Waals surface area (Å²) in [6.45, 7) is 4.01. The molecule has 0 saturated heterocycles. The summed E-state index contributed by atoms with van der Waals surface area (Å²) in [5.41, 5.74) is 0. The molecule has 0 aliphatic carbocycles. The molecule has 0 fully saturated rings.